The number of hydrogen-bond acceptors (Lipinski definition) is 4. The Hall–Kier alpha value is -1.14. The summed E-state index contributed by atoms with van der Waals surface area (Å²) in [4.78, 5) is 30.1. The smallest absolute Gasteiger partial charge is 0.242 e. The van der Waals surface area contributed by atoms with Crippen LogP contribution in [0.1, 0.15) is 13.8 Å². The zero-order chi connectivity index (χ0) is 14.0. The highest BCUT2D eigenvalue weighted by Crippen LogP contribution is 2.21. The molecule has 2 amide bonds. The van der Waals surface area contributed by atoms with E-state index in [0.29, 0.717) is 13.1 Å². The lowest BCUT2D eigenvalue weighted by Crippen LogP contribution is -2.64. The largest absolute Gasteiger partial charge is 0.343 e. The molecule has 0 aliphatic carbocycles. The van der Waals surface area contributed by atoms with Crippen LogP contribution >= 0.6 is 0 Å². The number of nitrogens with one attached hydrogen (secondary N) is 1. The highest BCUT2D eigenvalue weighted by atomic mass is 16.2. The molecule has 2 fully saturated rings. The van der Waals surface area contributed by atoms with Gasteiger partial charge in [0, 0.05) is 46.3 Å². The predicted octanol–water partition coefficient (Wildman–Crippen LogP) is -1.03. The van der Waals surface area contributed by atoms with E-state index in [0.717, 1.165) is 32.7 Å². The first-order valence-corrected chi connectivity index (χ1v) is 6.92. The van der Waals surface area contributed by atoms with Crippen LogP contribution in [0.4, 0.5) is 0 Å². The van der Waals surface area contributed by atoms with Gasteiger partial charge in [0.15, 0.2) is 0 Å². The maximum atomic E-state index is 12.3. The van der Waals surface area contributed by atoms with Crippen molar-refractivity contribution in [3.8, 4) is 0 Å². The molecule has 0 aromatic heterocycles. The summed E-state index contributed by atoms with van der Waals surface area (Å²) >= 11 is 0. The number of carbonyl (C=O) groups excluding carboxylic acids is 2. The van der Waals surface area contributed by atoms with Crippen molar-refractivity contribution in [2.24, 2.45) is 0 Å². The lowest BCUT2D eigenvalue weighted by Gasteiger charge is -2.45. The van der Waals surface area contributed by atoms with E-state index in [2.05, 4.69) is 5.32 Å². The molecule has 0 atom stereocenters. The molecule has 0 spiro atoms. The molecule has 2 heterocycles. The summed E-state index contributed by atoms with van der Waals surface area (Å²) in [5.41, 5.74) is -0.587. The number of rotatable bonds is 2. The van der Waals surface area contributed by atoms with Gasteiger partial charge in [0.2, 0.25) is 11.8 Å². The monoisotopic (exact) mass is 268 g/mol. The average Bonchev–Trinajstić information content (AvgIpc) is 2.41. The second kappa shape index (κ2) is 5.46. The molecule has 1 N–H and O–H groups in total. The first kappa shape index (κ1) is 14.3. The van der Waals surface area contributed by atoms with Crippen molar-refractivity contribution in [2.45, 2.75) is 19.4 Å². The Morgan fingerprint density at radius 2 is 1.84 bits per heavy atom. The molecule has 108 valence electrons. The van der Waals surface area contributed by atoms with Gasteiger partial charge in [-0.1, -0.05) is 0 Å². The molecule has 0 radical (unpaired) electrons. The number of carbonyl (C=O) groups is 2. The Morgan fingerprint density at radius 1 is 1.21 bits per heavy atom. The summed E-state index contributed by atoms with van der Waals surface area (Å²) in [5, 5.41) is 3.23. The molecule has 6 nitrogen and oxygen atoms in total. The first-order chi connectivity index (χ1) is 8.93. The molecule has 0 unspecified atom stereocenters. The third kappa shape index (κ3) is 2.90. The Bertz CT molecular complexity index is 364. The zero-order valence-electron chi connectivity index (χ0n) is 12.1. The minimum Gasteiger partial charge on any atom is -0.343 e. The van der Waals surface area contributed by atoms with Gasteiger partial charge in [0.1, 0.15) is 0 Å². The molecule has 0 bridgehead atoms. The van der Waals surface area contributed by atoms with E-state index in [4.69, 9.17) is 0 Å². The standard InChI is InChI=1S/C13H24N4O2/c1-13(2)12(19)15(3)8-9-17(13)10-11(18)16-6-4-14-5-7-16/h14H,4-10H2,1-3H3. The van der Waals surface area contributed by atoms with Gasteiger partial charge in [-0.25, -0.2) is 0 Å². The minimum absolute atomic E-state index is 0.0897. The Labute approximate surface area is 114 Å². The SMILES string of the molecule is CN1CCN(CC(=O)N2CCNCC2)C(C)(C)C1=O. The summed E-state index contributed by atoms with van der Waals surface area (Å²) in [6.07, 6.45) is 0. The van der Waals surface area contributed by atoms with E-state index >= 15 is 0 Å². The van der Waals surface area contributed by atoms with Gasteiger partial charge in [-0.05, 0) is 13.8 Å². The fraction of sp³-hybridized carbons (Fsp3) is 0.846. The maximum Gasteiger partial charge on any atom is 0.242 e. The fourth-order valence-electron chi connectivity index (χ4n) is 2.71. The van der Waals surface area contributed by atoms with Gasteiger partial charge in [-0.2, -0.15) is 0 Å². The van der Waals surface area contributed by atoms with Gasteiger partial charge in [-0.3, -0.25) is 14.5 Å². The van der Waals surface area contributed by atoms with E-state index in [1.807, 2.05) is 30.7 Å². The number of amides is 2. The van der Waals surface area contributed by atoms with Crippen LogP contribution in [-0.2, 0) is 9.59 Å². The van der Waals surface area contributed by atoms with Crippen LogP contribution in [0.15, 0.2) is 0 Å². The summed E-state index contributed by atoms with van der Waals surface area (Å²) < 4.78 is 0. The van der Waals surface area contributed by atoms with Crippen LogP contribution in [0.25, 0.3) is 0 Å². The Morgan fingerprint density at radius 3 is 2.47 bits per heavy atom. The predicted molar refractivity (Wildman–Crippen MR) is 72.7 cm³/mol. The third-order valence-electron chi connectivity index (χ3n) is 4.16. The lowest BCUT2D eigenvalue weighted by atomic mass is 9.98. The summed E-state index contributed by atoms with van der Waals surface area (Å²) in [7, 11) is 1.82. The van der Waals surface area contributed by atoms with E-state index in [1.54, 1.807) is 4.90 Å². The van der Waals surface area contributed by atoms with Crippen LogP contribution in [0.2, 0.25) is 0 Å². The van der Waals surface area contributed by atoms with Crippen molar-refractivity contribution in [3.63, 3.8) is 0 Å². The number of hydrogen-bond donors (Lipinski definition) is 1. The second-order valence-corrected chi connectivity index (χ2v) is 5.84. The van der Waals surface area contributed by atoms with E-state index in [-0.39, 0.29) is 11.8 Å². The van der Waals surface area contributed by atoms with Crippen LogP contribution in [0.3, 0.4) is 0 Å². The Balaban J connectivity index is 1.98. The van der Waals surface area contributed by atoms with Gasteiger partial charge < -0.3 is 15.1 Å². The molecule has 0 aromatic carbocycles. The molecule has 19 heavy (non-hydrogen) atoms. The van der Waals surface area contributed by atoms with Gasteiger partial charge in [-0.15, -0.1) is 0 Å². The zero-order valence-corrected chi connectivity index (χ0v) is 12.1. The third-order valence-corrected chi connectivity index (χ3v) is 4.16. The highest BCUT2D eigenvalue weighted by molar-refractivity contribution is 5.87. The highest BCUT2D eigenvalue weighted by Gasteiger charge is 2.41. The normalized spacial score (nSPS) is 24.7. The van der Waals surface area contributed by atoms with E-state index < -0.39 is 5.54 Å². The summed E-state index contributed by atoms with van der Waals surface area (Å²) in [6, 6.07) is 0. The topological polar surface area (TPSA) is 55.9 Å². The summed E-state index contributed by atoms with van der Waals surface area (Å²) in [6.45, 7) is 8.83. The van der Waals surface area contributed by atoms with Gasteiger partial charge in [0.25, 0.3) is 0 Å². The minimum atomic E-state index is -0.587. The molecular formula is C13H24N4O2. The summed E-state index contributed by atoms with van der Waals surface area (Å²) in [5.74, 6) is 0.221. The van der Waals surface area contributed by atoms with Crippen molar-refractivity contribution in [1.82, 2.24) is 20.0 Å². The van der Waals surface area contributed by atoms with Crippen molar-refractivity contribution in [2.75, 3.05) is 52.9 Å². The fourth-order valence-corrected chi connectivity index (χ4v) is 2.71. The molecule has 6 heteroatoms. The van der Waals surface area contributed by atoms with Crippen molar-refractivity contribution >= 4 is 11.8 Å². The average molecular weight is 268 g/mol. The Kier molecular flexibility index (Phi) is 4.10. The molecule has 2 saturated heterocycles. The van der Waals surface area contributed by atoms with E-state index in [9.17, 15) is 9.59 Å². The van der Waals surface area contributed by atoms with Gasteiger partial charge in [0.05, 0.1) is 12.1 Å². The van der Waals surface area contributed by atoms with Gasteiger partial charge >= 0.3 is 0 Å². The molecule has 0 saturated carbocycles. The van der Waals surface area contributed by atoms with Crippen molar-refractivity contribution < 1.29 is 9.59 Å². The van der Waals surface area contributed by atoms with Crippen molar-refractivity contribution in [1.29, 1.82) is 0 Å². The van der Waals surface area contributed by atoms with Crippen LogP contribution in [-0.4, -0.2) is 84.9 Å². The van der Waals surface area contributed by atoms with Crippen LogP contribution in [0.5, 0.6) is 0 Å². The second-order valence-electron chi connectivity index (χ2n) is 5.84. The van der Waals surface area contributed by atoms with Crippen LogP contribution in [0, 0.1) is 0 Å². The lowest BCUT2D eigenvalue weighted by molar-refractivity contribution is -0.150. The number of likely N-dealkylation sites (N-methyl/N-ethyl adjacent to an activating group) is 1. The first-order valence-electron chi connectivity index (χ1n) is 6.92. The number of piperazine rings is 2. The molecule has 2 rings (SSSR count). The molecule has 0 aromatic rings. The molecule has 2 aliphatic rings. The molecule has 2 aliphatic heterocycles. The number of nitrogens with zero attached hydrogens (tertiary/aromatic N) is 3. The van der Waals surface area contributed by atoms with Crippen LogP contribution < -0.4 is 5.32 Å². The maximum absolute atomic E-state index is 12.3. The van der Waals surface area contributed by atoms with Crippen molar-refractivity contribution in [3.05, 3.63) is 0 Å². The van der Waals surface area contributed by atoms with E-state index in [1.165, 1.54) is 0 Å². The quantitative estimate of drug-likeness (QED) is 0.696. The molecular weight excluding hydrogens is 244 g/mol.